The van der Waals surface area contributed by atoms with Gasteiger partial charge in [0.2, 0.25) is 18.2 Å². The summed E-state index contributed by atoms with van der Waals surface area (Å²) >= 11 is 0. The second-order valence-electron chi connectivity index (χ2n) is 2.54. The lowest BCUT2D eigenvalue weighted by atomic mass is 10.5. The lowest BCUT2D eigenvalue weighted by molar-refractivity contribution is -0.127. The minimum absolute atomic E-state index is 0.244. The molecule has 0 fully saturated rings. The predicted molar refractivity (Wildman–Crippen MR) is 50.9 cm³/mol. The fraction of sp³-hybridized carbons (Fsp3) is 0.429. The summed E-state index contributed by atoms with van der Waals surface area (Å²) in [5, 5.41) is 8.38. The number of hydrogen-bond donors (Lipinski definition) is 3. The van der Waals surface area contributed by atoms with Gasteiger partial charge >= 0.3 is 5.91 Å². The number of carbonyl (C=O) groups excluding carboxylic acids is 4. The fourth-order valence-corrected chi connectivity index (χ4v) is 0.645. The quantitative estimate of drug-likeness (QED) is 0.322. The number of hydrogen-bond acceptors (Lipinski definition) is 5. The molecule has 9 heteroatoms. The van der Waals surface area contributed by atoms with Crippen LogP contribution in [0.1, 0.15) is 0 Å². The lowest BCUT2D eigenvalue weighted by Gasteiger charge is -2.04. The van der Waals surface area contributed by atoms with Gasteiger partial charge in [0.05, 0.1) is 13.1 Å². The Morgan fingerprint density at radius 3 is 2.12 bits per heavy atom. The second kappa shape index (κ2) is 8.03. The number of nitrogens with zero attached hydrogens (tertiary/aromatic N) is 1. The van der Waals surface area contributed by atoms with Crippen molar-refractivity contribution in [3.8, 4) is 0 Å². The van der Waals surface area contributed by atoms with E-state index in [1.54, 1.807) is 0 Å². The Bertz CT molecular complexity index is 303. The molecule has 16 heavy (non-hydrogen) atoms. The highest BCUT2D eigenvalue weighted by molar-refractivity contribution is 5.89. The highest BCUT2D eigenvalue weighted by Crippen LogP contribution is 1.71. The first-order valence-electron chi connectivity index (χ1n) is 4.16. The van der Waals surface area contributed by atoms with Crippen LogP contribution >= 0.6 is 0 Å². The van der Waals surface area contributed by atoms with Gasteiger partial charge in [-0.2, -0.15) is 0 Å². The van der Waals surface area contributed by atoms with Crippen LogP contribution in [-0.4, -0.2) is 43.8 Å². The van der Waals surface area contributed by atoms with Gasteiger partial charge in [-0.25, -0.2) is 0 Å². The zero-order chi connectivity index (χ0) is 12.4. The van der Waals surface area contributed by atoms with Gasteiger partial charge in [-0.3, -0.25) is 19.2 Å². The molecule has 0 aliphatic heterocycles. The molecule has 0 aromatic heterocycles. The maximum atomic E-state index is 10.9. The average Bonchev–Trinajstić information content (AvgIpc) is 2.30. The van der Waals surface area contributed by atoms with Crippen molar-refractivity contribution in [1.82, 2.24) is 16.0 Å². The molecule has 3 N–H and O–H groups in total. The van der Waals surface area contributed by atoms with Gasteiger partial charge in [-0.15, -0.1) is 4.91 Å². The van der Waals surface area contributed by atoms with Crippen LogP contribution in [-0.2, 0) is 19.2 Å². The zero-order valence-corrected chi connectivity index (χ0v) is 8.19. The number of nitroso groups, excluding NO2 is 1. The summed E-state index contributed by atoms with van der Waals surface area (Å²) in [6.07, 6.45) is 0.341. The minimum atomic E-state index is -1.01. The molecule has 0 atom stereocenters. The van der Waals surface area contributed by atoms with E-state index in [4.69, 9.17) is 0 Å². The van der Waals surface area contributed by atoms with Crippen molar-refractivity contribution in [1.29, 1.82) is 0 Å². The van der Waals surface area contributed by atoms with E-state index >= 15 is 0 Å². The van der Waals surface area contributed by atoms with Crippen molar-refractivity contribution < 1.29 is 19.2 Å². The highest BCUT2D eigenvalue weighted by Gasteiger charge is 2.06. The molecule has 0 unspecified atom stereocenters. The summed E-state index contributed by atoms with van der Waals surface area (Å²) in [6, 6.07) is 0. The third-order valence-electron chi connectivity index (χ3n) is 1.33. The van der Waals surface area contributed by atoms with Gasteiger partial charge in [0.15, 0.2) is 0 Å². The fourth-order valence-electron chi connectivity index (χ4n) is 0.645. The Morgan fingerprint density at radius 2 is 1.56 bits per heavy atom. The molecule has 0 rings (SSSR count). The van der Waals surface area contributed by atoms with Gasteiger partial charge in [-0.1, -0.05) is 0 Å². The maximum Gasteiger partial charge on any atom is 0.305 e. The molecule has 0 bridgehead atoms. The molecule has 88 valence electrons. The van der Waals surface area contributed by atoms with Crippen LogP contribution in [0.15, 0.2) is 5.18 Å². The molecule has 0 aliphatic rings. The number of nitrogens with one attached hydrogen (secondary N) is 3. The molecule has 0 saturated carbocycles. The van der Waals surface area contributed by atoms with E-state index in [1.807, 2.05) is 0 Å². The van der Waals surface area contributed by atoms with Crippen LogP contribution in [0.4, 0.5) is 0 Å². The van der Waals surface area contributed by atoms with Crippen molar-refractivity contribution in [3.63, 3.8) is 0 Å². The first-order chi connectivity index (χ1) is 7.60. The van der Waals surface area contributed by atoms with E-state index in [2.05, 4.69) is 21.1 Å². The SMILES string of the molecule is O=CNCC(=O)NCC(=O)NCC(=O)N=O. The summed E-state index contributed by atoms with van der Waals surface area (Å²) in [6.45, 7) is -1.11. The molecule has 0 aromatic rings. The molecule has 0 aromatic carbocycles. The molecule has 0 heterocycles. The smallest absolute Gasteiger partial charge is 0.305 e. The van der Waals surface area contributed by atoms with Gasteiger partial charge in [-0.05, 0) is 0 Å². The van der Waals surface area contributed by atoms with Crippen LogP contribution in [0.25, 0.3) is 0 Å². The summed E-state index contributed by atoms with van der Waals surface area (Å²) in [7, 11) is 0. The first kappa shape index (κ1) is 13.7. The average molecular weight is 230 g/mol. The summed E-state index contributed by atoms with van der Waals surface area (Å²) in [5.74, 6) is -2.21. The van der Waals surface area contributed by atoms with E-state index in [0.29, 0.717) is 6.41 Å². The topological polar surface area (TPSA) is 134 Å². The predicted octanol–water partition coefficient (Wildman–Crippen LogP) is -2.74. The van der Waals surface area contributed by atoms with Crippen molar-refractivity contribution in [2.45, 2.75) is 0 Å². The van der Waals surface area contributed by atoms with Crippen molar-refractivity contribution in [3.05, 3.63) is 4.91 Å². The number of amides is 4. The lowest BCUT2D eigenvalue weighted by Crippen LogP contribution is -2.41. The van der Waals surface area contributed by atoms with Gasteiger partial charge < -0.3 is 16.0 Å². The normalized spacial score (nSPS) is 8.75. The Balaban J connectivity index is 3.64. The first-order valence-corrected chi connectivity index (χ1v) is 4.16. The van der Waals surface area contributed by atoms with E-state index < -0.39 is 24.3 Å². The summed E-state index contributed by atoms with van der Waals surface area (Å²) in [4.78, 5) is 51.6. The molecule has 0 saturated heterocycles. The molecule has 4 amide bonds. The third kappa shape index (κ3) is 7.12. The second-order valence-corrected chi connectivity index (χ2v) is 2.54. The largest absolute Gasteiger partial charge is 0.350 e. The molecule has 0 spiro atoms. The van der Waals surface area contributed by atoms with Crippen LogP contribution in [0.3, 0.4) is 0 Å². The Kier molecular flexibility index (Phi) is 6.86. The number of carbonyl (C=O) groups is 4. The van der Waals surface area contributed by atoms with Crippen molar-refractivity contribution in [2.24, 2.45) is 5.18 Å². The molecule has 0 aliphatic carbocycles. The van der Waals surface area contributed by atoms with Crippen LogP contribution in [0.5, 0.6) is 0 Å². The van der Waals surface area contributed by atoms with Crippen molar-refractivity contribution in [2.75, 3.05) is 19.6 Å². The summed E-state index contributed by atoms with van der Waals surface area (Å²) in [5.41, 5.74) is 0. The Labute approximate surface area is 89.9 Å². The van der Waals surface area contributed by atoms with E-state index in [9.17, 15) is 24.1 Å². The molecule has 9 nitrogen and oxygen atoms in total. The Hall–Kier alpha value is -2.32. The van der Waals surface area contributed by atoms with Crippen LogP contribution < -0.4 is 16.0 Å². The monoisotopic (exact) mass is 230 g/mol. The molecular formula is C7H10N4O5. The molecular weight excluding hydrogens is 220 g/mol. The van der Waals surface area contributed by atoms with Crippen LogP contribution in [0.2, 0.25) is 0 Å². The number of rotatable bonds is 7. The van der Waals surface area contributed by atoms with Gasteiger partial charge in [0, 0.05) is 5.18 Å². The minimum Gasteiger partial charge on any atom is -0.350 e. The maximum absolute atomic E-state index is 10.9. The Morgan fingerprint density at radius 1 is 1.00 bits per heavy atom. The zero-order valence-electron chi connectivity index (χ0n) is 8.19. The van der Waals surface area contributed by atoms with E-state index in [0.717, 1.165) is 0 Å². The van der Waals surface area contributed by atoms with E-state index in [1.165, 1.54) is 0 Å². The van der Waals surface area contributed by atoms with E-state index in [-0.39, 0.29) is 13.1 Å². The van der Waals surface area contributed by atoms with Crippen LogP contribution in [0, 0.1) is 4.91 Å². The standard InChI is InChI=1S/C7H10N4O5/c12-4-8-1-5(13)9-2-6(14)10-3-7(15)11-16/h4H,1-3H2,(H,8,12)(H,9,13)(H,10,14). The van der Waals surface area contributed by atoms with Crippen molar-refractivity contribution >= 4 is 24.1 Å². The molecule has 0 radical (unpaired) electrons. The highest BCUT2D eigenvalue weighted by atomic mass is 16.3. The third-order valence-corrected chi connectivity index (χ3v) is 1.33. The van der Waals surface area contributed by atoms with Gasteiger partial charge in [0.25, 0.3) is 0 Å². The summed E-state index contributed by atoms with van der Waals surface area (Å²) < 4.78 is 0. The van der Waals surface area contributed by atoms with Gasteiger partial charge in [0.1, 0.15) is 6.54 Å².